The molecule has 1 saturated heterocycles. The zero-order valence-corrected chi connectivity index (χ0v) is 18.9. The Hall–Kier alpha value is -2.92. The van der Waals surface area contributed by atoms with Crippen LogP contribution in [0.25, 0.3) is 27.9 Å². The summed E-state index contributed by atoms with van der Waals surface area (Å²) in [6.45, 7) is 9.87. The van der Waals surface area contributed by atoms with Gasteiger partial charge < -0.3 is 4.74 Å². The van der Waals surface area contributed by atoms with Crippen LogP contribution in [0.5, 0.6) is 5.75 Å². The Morgan fingerprint density at radius 3 is 2.42 bits per heavy atom. The van der Waals surface area contributed by atoms with Crippen LogP contribution in [-0.2, 0) is 6.54 Å². The molecule has 0 saturated carbocycles. The van der Waals surface area contributed by atoms with E-state index in [0.29, 0.717) is 0 Å². The first kappa shape index (κ1) is 20.0. The van der Waals surface area contributed by atoms with Crippen LogP contribution in [0.3, 0.4) is 0 Å². The minimum absolute atomic E-state index is 0.830. The van der Waals surface area contributed by atoms with E-state index in [0.717, 1.165) is 64.9 Å². The number of likely N-dealkylation sites (tertiary alicyclic amines) is 1. The number of piperidine rings is 1. The van der Waals surface area contributed by atoms with Crippen molar-refractivity contribution in [2.45, 2.75) is 40.2 Å². The lowest BCUT2D eigenvalue weighted by Crippen LogP contribution is -2.33. The van der Waals surface area contributed by atoms with E-state index in [4.69, 9.17) is 14.7 Å². The largest absolute Gasteiger partial charge is 0.497 e. The molecule has 0 unspecified atom stereocenters. The SMILES string of the molecule is COc1ccc(-c2ccc3cc(C)c4nc(C)c(CN5CCC(C)CC5)n4c3n2)cc1. The van der Waals surface area contributed by atoms with Crippen LogP contribution in [0.4, 0.5) is 0 Å². The number of aromatic nitrogens is 3. The predicted molar refractivity (Wildman–Crippen MR) is 126 cm³/mol. The van der Waals surface area contributed by atoms with Gasteiger partial charge in [0, 0.05) is 17.5 Å². The van der Waals surface area contributed by atoms with Crippen molar-refractivity contribution in [2.24, 2.45) is 5.92 Å². The second-order valence-electron chi connectivity index (χ2n) is 8.93. The molecule has 0 atom stereocenters. The van der Waals surface area contributed by atoms with E-state index in [1.165, 1.54) is 24.1 Å². The van der Waals surface area contributed by atoms with Gasteiger partial charge >= 0.3 is 0 Å². The highest BCUT2D eigenvalue weighted by Gasteiger charge is 2.21. The van der Waals surface area contributed by atoms with Crippen LogP contribution in [0, 0.1) is 19.8 Å². The first-order chi connectivity index (χ1) is 15.0. The van der Waals surface area contributed by atoms with E-state index in [9.17, 15) is 0 Å². The molecule has 1 fully saturated rings. The van der Waals surface area contributed by atoms with Crippen LogP contribution in [0.15, 0.2) is 42.5 Å². The molecular formula is C26H30N4O. The molecule has 5 nitrogen and oxygen atoms in total. The Morgan fingerprint density at radius 1 is 0.968 bits per heavy atom. The van der Waals surface area contributed by atoms with Crippen molar-refractivity contribution in [3.8, 4) is 17.0 Å². The summed E-state index contributed by atoms with van der Waals surface area (Å²) in [4.78, 5) is 12.6. The number of aryl methyl sites for hydroxylation is 2. The zero-order chi connectivity index (χ0) is 21.5. The van der Waals surface area contributed by atoms with E-state index in [1.807, 2.05) is 12.1 Å². The van der Waals surface area contributed by atoms with Crippen molar-refractivity contribution >= 4 is 16.7 Å². The molecule has 0 radical (unpaired) electrons. The summed E-state index contributed by atoms with van der Waals surface area (Å²) in [6, 6.07) is 14.6. The highest BCUT2D eigenvalue weighted by molar-refractivity contribution is 5.83. The van der Waals surface area contributed by atoms with Gasteiger partial charge in [0.05, 0.1) is 24.2 Å². The summed E-state index contributed by atoms with van der Waals surface area (Å²) in [5.74, 6) is 1.68. The van der Waals surface area contributed by atoms with Crippen LogP contribution >= 0.6 is 0 Å². The van der Waals surface area contributed by atoms with Crippen molar-refractivity contribution in [1.29, 1.82) is 0 Å². The molecule has 0 bridgehead atoms. The number of fused-ring (bicyclic) bond motifs is 3. The van der Waals surface area contributed by atoms with E-state index >= 15 is 0 Å². The summed E-state index contributed by atoms with van der Waals surface area (Å²) in [5, 5.41) is 1.15. The predicted octanol–water partition coefficient (Wildman–Crippen LogP) is 5.41. The Bertz CT molecular complexity index is 1230. The molecule has 5 heteroatoms. The monoisotopic (exact) mass is 414 g/mol. The number of pyridine rings is 2. The quantitative estimate of drug-likeness (QED) is 0.448. The highest BCUT2D eigenvalue weighted by atomic mass is 16.5. The van der Waals surface area contributed by atoms with Crippen LogP contribution < -0.4 is 4.74 Å². The second-order valence-corrected chi connectivity index (χ2v) is 8.93. The van der Waals surface area contributed by atoms with E-state index in [-0.39, 0.29) is 0 Å². The van der Waals surface area contributed by atoms with E-state index in [2.05, 4.69) is 60.4 Å². The van der Waals surface area contributed by atoms with Crippen LogP contribution in [0.1, 0.15) is 36.7 Å². The third kappa shape index (κ3) is 3.68. The average molecular weight is 415 g/mol. The Morgan fingerprint density at radius 2 is 1.71 bits per heavy atom. The molecule has 31 heavy (non-hydrogen) atoms. The summed E-state index contributed by atoms with van der Waals surface area (Å²) in [7, 11) is 1.69. The number of methoxy groups -OCH3 is 1. The molecule has 1 aromatic carbocycles. The van der Waals surface area contributed by atoms with Crippen LogP contribution in [0.2, 0.25) is 0 Å². The van der Waals surface area contributed by atoms with Gasteiger partial charge in [-0.25, -0.2) is 9.97 Å². The fourth-order valence-corrected chi connectivity index (χ4v) is 4.64. The number of hydrogen-bond donors (Lipinski definition) is 0. The maximum atomic E-state index is 5.31. The Kier molecular flexibility index (Phi) is 5.14. The third-order valence-corrected chi connectivity index (χ3v) is 6.65. The molecule has 1 aliphatic heterocycles. The summed E-state index contributed by atoms with van der Waals surface area (Å²) in [6.07, 6.45) is 2.55. The standard InChI is InChI=1S/C26H30N4O/c1-17-11-13-29(14-12-17)16-24-19(3)27-25-18(2)15-21-7-10-23(28-26(21)30(24)25)20-5-8-22(31-4)9-6-20/h5-10,15,17H,11-14,16H2,1-4H3. The van der Waals surface area contributed by atoms with Gasteiger partial charge in [-0.05, 0) is 93.7 Å². The van der Waals surface area contributed by atoms with Gasteiger partial charge in [-0.15, -0.1) is 0 Å². The fraction of sp³-hybridized carbons (Fsp3) is 0.385. The van der Waals surface area contributed by atoms with Crippen molar-refractivity contribution in [1.82, 2.24) is 19.3 Å². The fourth-order valence-electron chi connectivity index (χ4n) is 4.64. The van der Waals surface area contributed by atoms with Gasteiger partial charge in [0.15, 0.2) is 0 Å². The number of imidazole rings is 1. The maximum Gasteiger partial charge on any atom is 0.146 e. The summed E-state index contributed by atoms with van der Waals surface area (Å²) in [5.41, 5.74) is 7.60. The highest BCUT2D eigenvalue weighted by Crippen LogP contribution is 2.28. The van der Waals surface area contributed by atoms with Gasteiger partial charge in [-0.3, -0.25) is 9.30 Å². The Labute approximate surface area is 183 Å². The number of benzene rings is 1. The molecule has 5 rings (SSSR count). The van der Waals surface area contributed by atoms with Crippen molar-refractivity contribution < 1.29 is 4.74 Å². The Balaban J connectivity index is 1.63. The van der Waals surface area contributed by atoms with E-state index in [1.54, 1.807) is 7.11 Å². The number of hydrogen-bond acceptors (Lipinski definition) is 4. The van der Waals surface area contributed by atoms with Crippen molar-refractivity contribution in [3.63, 3.8) is 0 Å². The van der Waals surface area contributed by atoms with Crippen molar-refractivity contribution in [2.75, 3.05) is 20.2 Å². The molecule has 0 spiro atoms. The first-order valence-electron chi connectivity index (χ1n) is 11.2. The maximum absolute atomic E-state index is 5.31. The minimum Gasteiger partial charge on any atom is -0.497 e. The second kappa shape index (κ2) is 7.97. The molecule has 3 aromatic heterocycles. The summed E-state index contributed by atoms with van der Waals surface area (Å²) < 4.78 is 7.60. The zero-order valence-electron chi connectivity index (χ0n) is 18.9. The average Bonchev–Trinajstić information content (AvgIpc) is 3.12. The molecule has 4 heterocycles. The lowest BCUT2D eigenvalue weighted by atomic mass is 9.99. The minimum atomic E-state index is 0.830. The normalized spacial score (nSPS) is 15.7. The van der Waals surface area contributed by atoms with Gasteiger partial charge in [0.25, 0.3) is 0 Å². The topological polar surface area (TPSA) is 42.7 Å². The van der Waals surface area contributed by atoms with Crippen molar-refractivity contribution in [3.05, 3.63) is 59.4 Å². The van der Waals surface area contributed by atoms with Gasteiger partial charge in [0.2, 0.25) is 0 Å². The molecule has 4 aromatic rings. The summed E-state index contributed by atoms with van der Waals surface area (Å²) >= 11 is 0. The number of nitrogens with zero attached hydrogens (tertiary/aromatic N) is 4. The lowest BCUT2D eigenvalue weighted by Gasteiger charge is -2.30. The number of rotatable bonds is 4. The molecule has 160 valence electrons. The molecular weight excluding hydrogens is 384 g/mol. The third-order valence-electron chi connectivity index (χ3n) is 6.65. The van der Waals surface area contributed by atoms with Crippen LogP contribution in [-0.4, -0.2) is 39.5 Å². The number of ether oxygens (including phenoxy) is 1. The van der Waals surface area contributed by atoms with Gasteiger partial charge in [-0.2, -0.15) is 0 Å². The molecule has 0 amide bonds. The molecule has 1 aliphatic rings. The molecule has 0 N–H and O–H groups in total. The van der Waals surface area contributed by atoms with E-state index < -0.39 is 0 Å². The van der Waals surface area contributed by atoms with Gasteiger partial charge in [-0.1, -0.05) is 6.92 Å². The molecule has 0 aliphatic carbocycles. The van der Waals surface area contributed by atoms with Gasteiger partial charge in [0.1, 0.15) is 17.0 Å². The smallest absolute Gasteiger partial charge is 0.146 e. The first-order valence-corrected chi connectivity index (χ1v) is 11.2. The lowest BCUT2D eigenvalue weighted by molar-refractivity contribution is 0.183.